The Morgan fingerprint density at radius 3 is 2.83 bits per heavy atom. The molecule has 18 heavy (non-hydrogen) atoms. The number of hydrogen-bond donors (Lipinski definition) is 0. The van der Waals surface area contributed by atoms with E-state index in [2.05, 4.69) is 17.1 Å². The van der Waals surface area contributed by atoms with Gasteiger partial charge in [-0.05, 0) is 24.8 Å². The van der Waals surface area contributed by atoms with E-state index in [-0.39, 0.29) is 11.7 Å². The van der Waals surface area contributed by atoms with Crippen molar-refractivity contribution in [2.24, 2.45) is 11.8 Å². The van der Waals surface area contributed by atoms with Crippen molar-refractivity contribution >= 4 is 5.78 Å². The van der Waals surface area contributed by atoms with Crippen LogP contribution in [0.5, 0.6) is 5.88 Å². The van der Waals surface area contributed by atoms with E-state index in [1.807, 2.05) is 0 Å². The number of Topliss-reactive ketones (excluding diaryl/α,β-unsaturated/α-hetero) is 1. The highest BCUT2D eigenvalue weighted by atomic mass is 16.5. The van der Waals surface area contributed by atoms with Crippen molar-refractivity contribution in [1.29, 1.82) is 0 Å². The summed E-state index contributed by atoms with van der Waals surface area (Å²) in [5.41, 5.74) is 0.470. The van der Waals surface area contributed by atoms with E-state index >= 15 is 0 Å². The SMILES string of the molecule is CCC1CCCC(C(=O)c2ccc(OC)nn2)C1. The van der Waals surface area contributed by atoms with E-state index in [1.54, 1.807) is 19.2 Å². The number of hydrogen-bond acceptors (Lipinski definition) is 4. The van der Waals surface area contributed by atoms with Gasteiger partial charge in [-0.1, -0.05) is 26.2 Å². The molecule has 2 atom stereocenters. The topological polar surface area (TPSA) is 52.1 Å². The molecule has 0 bridgehead atoms. The van der Waals surface area contributed by atoms with E-state index < -0.39 is 0 Å². The minimum atomic E-state index is 0.131. The van der Waals surface area contributed by atoms with Gasteiger partial charge >= 0.3 is 0 Å². The van der Waals surface area contributed by atoms with Gasteiger partial charge < -0.3 is 4.74 Å². The van der Waals surface area contributed by atoms with Gasteiger partial charge in [0.15, 0.2) is 5.78 Å². The lowest BCUT2D eigenvalue weighted by Gasteiger charge is -2.27. The summed E-state index contributed by atoms with van der Waals surface area (Å²) in [5, 5.41) is 7.81. The van der Waals surface area contributed by atoms with E-state index in [1.165, 1.54) is 6.42 Å². The maximum Gasteiger partial charge on any atom is 0.233 e. The van der Waals surface area contributed by atoms with Crippen LogP contribution in [0.15, 0.2) is 12.1 Å². The smallest absolute Gasteiger partial charge is 0.233 e. The first-order valence-corrected chi connectivity index (χ1v) is 6.66. The lowest BCUT2D eigenvalue weighted by molar-refractivity contribution is 0.0855. The molecular formula is C14H20N2O2. The third kappa shape index (κ3) is 2.86. The Balaban J connectivity index is 2.05. The molecule has 4 nitrogen and oxygen atoms in total. The lowest BCUT2D eigenvalue weighted by Crippen LogP contribution is -2.23. The highest BCUT2D eigenvalue weighted by Crippen LogP contribution is 2.32. The second-order valence-electron chi connectivity index (χ2n) is 4.96. The van der Waals surface area contributed by atoms with E-state index in [4.69, 9.17) is 4.74 Å². The minimum absolute atomic E-state index is 0.131. The summed E-state index contributed by atoms with van der Waals surface area (Å²) in [7, 11) is 1.54. The molecule has 1 fully saturated rings. The average molecular weight is 248 g/mol. The second-order valence-corrected chi connectivity index (χ2v) is 4.96. The van der Waals surface area contributed by atoms with Gasteiger partial charge in [-0.2, -0.15) is 0 Å². The fourth-order valence-electron chi connectivity index (χ4n) is 2.67. The van der Waals surface area contributed by atoms with Crippen LogP contribution < -0.4 is 4.74 Å². The van der Waals surface area contributed by atoms with Crippen molar-refractivity contribution in [2.45, 2.75) is 39.0 Å². The Morgan fingerprint density at radius 1 is 1.39 bits per heavy atom. The molecule has 2 unspecified atom stereocenters. The number of nitrogens with zero attached hydrogens (tertiary/aromatic N) is 2. The highest BCUT2D eigenvalue weighted by Gasteiger charge is 2.27. The molecule has 1 heterocycles. The molecule has 1 aromatic heterocycles. The monoisotopic (exact) mass is 248 g/mol. The summed E-state index contributed by atoms with van der Waals surface area (Å²) >= 11 is 0. The fraction of sp³-hybridized carbons (Fsp3) is 0.643. The normalized spacial score (nSPS) is 23.7. The molecule has 0 aliphatic heterocycles. The summed E-state index contributed by atoms with van der Waals surface area (Å²) in [5.74, 6) is 1.41. The van der Waals surface area contributed by atoms with Crippen LogP contribution in [0.3, 0.4) is 0 Å². The van der Waals surface area contributed by atoms with Crippen LogP contribution in [0.1, 0.15) is 49.5 Å². The Bertz CT molecular complexity index is 403. The van der Waals surface area contributed by atoms with Gasteiger partial charge in [0.05, 0.1) is 7.11 Å². The fourth-order valence-corrected chi connectivity index (χ4v) is 2.67. The number of ether oxygens (including phenoxy) is 1. The minimum Gasteiger partial charge on any atom is -0.480 e. The first-order chi connectivity index (χ1) is 8.74. The maximum absolute atomic E-state index is 12.3. The highest BCUT2D eigenvalue weighted by molar-refractivity contribution is 5.96. The van der Waals surface area contributed by atoms with Crippen LogP contribution in [0, 0.1) is 11.8 Å². The van der Waals surface area contributed by atoms with Crippen LogP contribution in [0.25, 0.3) is 0 Å². The van der Waals surface area contributed by atoms with Crippen molar-refractivity contribution in [3.8, 4) is 5.88 Å². The van der Waals surface area contributed by atoms with Crippen LogP contribution >= 0.6 is 0 Å². The Labute approximate surface area is 108 Å². The number of carbonyl (C=O) groups is 1. The van der Waals surface area contributed by atoms with Gasteiger partial charge in [0, 0.05) is 12.0 Å². The van der Waals surface area contributed by atoms with Crippen LogP contribution in [0.2, 0.25) is 0 Å². The number of ketones is 1. The largest absolute Gasteiger partial charge is 0.480 e. The summed E-state index contributed by atoms with van der Waals surface area (Å²) in [6.07, 6.45) is 5.57. The molecule has 0 saturated heterocycles. The van der Waals surface area contributed by atoms with Crippen molar-refractivity contribution in [1.82, 2.24) is 10.2 Å². The molecule has 0 amide bonds. The number of aromatic nitrogens is 2. The first kappa shape index (κ1) is 13.0. The molecule has 2 rings (SSSR count). The quantitative estimate of drug-likeness (QED) is 0.769. The number of rotatable bonds is 4. The van der Waals surface area contributed by atoms with Gasteiger partial charge in [0.25, 0.3) is 0 Å². The zero-order chi connectivity index (χ0) is 13.0. The standard InChI is InChI=1S/C14H20N2O2/c1-3-10-5-4-6-11(9-10)14(17)12-7-8-13(18-2)16-15-12/h7-8,10-11H,3-6,9H2,1-2H3. The van der Waals surface area contributed by atoms with Crippen LogP contribution in [-0.4, -0.2) is 23.1 Å². The second kappa shape index (κ2) is 5.94. The van der Waals surface area contributed by atoms with Crippen molar-refractivity contribution in [3.63, 3.8) is 0 Å². The van der Waals surface area contributed by atoms with Crippen molar-refractivity contribution in [3.05, 3.63) is 17.8 Å². The maximum atomic E-state index is 12.3. The van der Waals surface area contributed by atoms with Crippen molar-refractivity contribution in [2.75, 3.05) is 7.11 Å². The van der Waals surface area contributed by atoms with E-state index in [9.17, 15) is 4.79 Å². The third-order valence-corrected chi connectivity index (χ3v) is 3.83. The van der Waals surface area contributed by atoms with Crippen LogP contribution in [0.4, 0.5) is 0 Å². The average Bonchev–Trinajstić information content (AvgIpc) is 2.46. The molecule has 1 saturated carbocycles. The van der Waals surface area contributed by atoms with Crippen LogP contribution in [-0.2, 0) is 0 Å². The molecule has 0 N–H and O–H groups in total. The van der Waals surface area contributed by atoms with Gasteiger partial charge in [-0.3, -0.25) is 4.79 Å². The Kier molecular flexibility index (Phi) is 4.28. The summed E-state index contributed by atoms with van der Waals surface area (Å²) in [6.45, 7) is 2.20. The van der Waals surface area contributed by atoms with Gasteiger partial charge in [0.1, 0.15) is 5.69 Å². The molecule has 4 heteroatoms. The van der Waals surface area contributed by atoms with Gasteiger partial charge in [-0.25, -0.2) is 0 Å². The molecule has 0 aromatic carbocycles. The lowest BCUT2D eigenvalue weighted by atomic mass is 9.78. The van der Waals surface area contributed by atoms with E-state index in [0.717, 1.165) is 25.7 Å². The first-order valence-electron chi connectivity index (χ1n) is 6.66. The van der Waals surface area contributed by atoms with E-state index in [0.29, 0.717) is 17.5 Å². The molecular weight excluding hydrogens is 228 g/mol. The zero-order valence-electron chi connectivity index (χ0n) is 11.1. The zero-order valence-corrected chi connectivity index (χ0v) is 11.1. The van der Waals surface area contributed by atoms with Gasteiger partial charge in [0.2, 0.25) is 5.88 Å². The number of carbonyl (C=O) groups excluding carboxylic acids is 1. The summed E-state index contributed by atoms with van der Waals surface area (Å²) < 4.78 is 4.94. The van der Waals surface area contributed by atoms with Gasteiger partial charge in [-0.15, -0.1) is 10.2 Å². The molecule has 1 aromatic rings. The molecule has 98 valence electrons. The predicted molar refractivity (Wildman–Crippen MR) is 68.7 cm³/mol. The molecule has 1 aliphatic carbocycles. The summed E-state index contributed by atoms with van der Waals surface area (Å²) in [4.78, 5) is 12.3. The Morgan fingerprint density at radius 2 is 2.22 bits per heavy atom. The molecule has 0 radical (unpaired) electrons. The summed E-state index contributed by atoms with van der Waals surface area (Å²) in [6, 6.07) is 3.41. The molecule has 1 aliphatic rings. The third-order valence-electron chi connectivity index (χ3n) is 3.83. The molecule has 0 spiro atoms. The predicted octanol–water partition coefficient (Wildman–Crippen LogP) is 2.88. The Hall–Kier alpha value is -1.45. The number of methoxy groups -OCH3 is 1. The van der Waals surface area contributed by atoms with Crippen molar-refractivity contribution < 1.29 is 9.53 Å².